The largest absolute Gasteiger partial charge is 0.366 e. The van der Waals surface area contributed by atoms with Crippen molar-refractivity contribution >= 4 is 34.5 Å². The maximum atomic E-state index is 12.9. The molecule has 7 heteroatoms. The number of carbonyl (C=O) groups excluding carboxylic acids is 3. The Morgan fingerprint density at radius 1 is 0.944 bits per heavy atom. The normalized spacial score (nSPS) is 13.5. The van der Waals surface area contributed by atoms with Crippen LogP contribution >= 0.6 is 0 Å². The second-order valence-electron chi connectivity index (χ2n) is 8.66. The summed E-state index contributed by atoms with van der Waals surface area (Å²) >= 11 is 0. The highest BCUT2D eigenvalue weighted by Crippen LogP contribution is 2.33. The standard InChI is InChI=1S/C29H30N4O3/c1-3-33(4-2)15-14-19-8-11-23(12-9-19)31-18-25-24-13-10-21(17-26(24)32-29(25)36)27(34)20-6-5-7-22(16-20)28(30)35/h5-13,16-18,31H,3-4,14-15H2,1-2H3,(H2,30,35)(H,32,36)/b25-18-. The number of nitrogens with zero attached hydrogens (tertiary/aromatic N) is 1. The zero-order valence-corrected chi connectivity index (χ0v) is 20.5. The molecule has 0 saturated carbocycles. The fraction of sp³-hybridized carbons (Fsp3) is 0.207. The van der Waals surface area contributed by atoms with Crippen molar-refractivity contribution in [2.45, 2.75) is 20.3 Å². The van der Waals surface area contributed by atoms with Crippen molar-refractivity contribution in [3.05, 3.63) is 101 Å². The first-order valence-corrected chi connectivity index (χ1v) is 12.1. The number of rotatable bonds is 10. The molecule has 0 aliphatic carbocycles. The molecule has 0 aromatic heterocycles. The van der Waals surface area contributed by atoms with Crippen molar-refractivity contribution in [3.8, 4) is 0 Å². The van der Waals surface area contributed by atoms with E-state index in [0.717, 1.165) is 31.7 Å². The average molecular weight is 483 g/mol. The molecule has 3 aromatic carbocycles. The molecule has 3 aromatic rings. The van der Waals surface area contributed by atoms with Crippen molar-refractivity contribution in [1.82, 2.24) is 4.90 Å². The van der Waals surface area contributed by atoms with E-state index in [1.807, 2.05) is 12.1 Å². The second-order valence-corrected chi connectivity index (χ2v) is 8.66. The highest BCUT2D eigenvalue weighted by molar-refractivity contribution is 6.32. The van der Waals surface area contributed by atoms with Gasteiger partial charge in [0.15, 0.2) is 5.78 Å². The van der Waals surface area contributed by atoms with Gasteiger partial charge < -0.3 is 21.3 Å². The molecule has 4 rings (SSSR count). The van der Waals surface area contributed by atoms with Gasteiger partial charge in [-0.1, -0.05) is 50.2 Å². The van der Waals surface area contributed by atoms with Crippen LogP contribution in [0.5, 0.6) is 0 Å². The fourth-order valence-corrected chi connectivity index (χ4v) is 4.21. The summed E-state index contributed by atoms with van der Waals surface area (Å²) in [7, 11) is 0. The van der Waals surface area contributed by atoms with Crippen LogP contribution in [0.1, 0.15) is 51.3 Å². The summed E-state index contributed by atoms with van der Waals surface area (Å²) in [5.74, 6) is -1.09. The SMILES string of the molecule is CCN(CC)CCc1ccc(N/C=C2\C(=O)Nc3cc(C(=O)c4cccc(C(N)=O)c4)ccc32)cc1. The summed E-state index contributed by atoms with van der Waals surface area (Å²) in [5.41, 5.74) is 10.3. The molecule has 0 saturated heterocycles. The number of hydrogen-bond donors (Lipinski definition) is 3. The molecule has 0 bridgehead atoms. The molecule has 36 heavy (non-hydrogen) atoms. The molecule has 4 N–H and O–H groups in total. The second kappa shape index (κ2) is 11.0. The molecular formula is C29H30N4O3. The smallest absolute Gasteiger partial charge is 0.257 e. The lowest BCUT2D eigenvalue weighted by atomic mass is 9.98. The number of fused-ring (bicyclic) bond motifs is 1. The van der Waals surface area contributed by atoms with E-state index in [-0.39, 0.29) is 17.3 Å². The highest BCUT2D eigenvalue weighted by atomic mass is 16.2. The van der Waals surface area contributed by atoms with Crippen molar-refractivity contribution in [1.29, 1.82) is 0 Å². The van der Waals surface area contributed by atoms with Gasteiger partial charge in [0.25, 0.3) is 5.91 Å². The number of amides is 2. The molecule has 1 heterocycles. The third-order valence-corrected chi connectivity index (χ3v) is 6.42. The molecule has 1 aliphatic heterocycles. The summed E-state index contributed by atoms with van der Waals surface area (Å²) in [6.45, 7) is 7.47. The van der Waals surface area contributed by atoms with Gasteiger partial charge in [-0.15, -0.1) is 0 Å². The van der Waals surface area contributed by atoms with E-state index in [4.69, 9.17) is 5.73 Å². The van der Waals surface area contributed by atoms with E-state index in [2.05, 4.69) is 41.5 Å². The van der Waals surface area contributed by atoms with E-state index < -0.39 is 5.91 Å². The Kier molecular flexibility index (Phi) is 7.61. The van der Waals surface area contributed by atoms with Crippen LogP contribution in [-0.4, -0.2) is 42.1 Å². The molecule has 184 valence electrons. The summed E-state index contributed by atoms with van der Waals surface area (Å²) < 4.78 is 0. The minimum absolute atomic E-state index is 0.242. The number of primary amides is 1. The Hall–Kier alpha value is -4.23. The van der Waals surface area contributed by atoms with Crippen LogP contribution in [0.2, 0.25) is 0 Å². The van der Waals surface area contributed by atoms with Gasteiger partial charge in [0.1, 0.15) is 0 Å². The first-order chi connectivity index (χ1) is 17.4. The average Bonchev–Trinajstić information content (AvgIpc) is 3.22. The number of ketones is 1. The van der Waals surface area contributed by atoms with E-state index in [0.29, 0.717) is 28.0 Å². The quantitative estimate of drug-likeness (QED) is 0.295. The number of nitrogens with two attached hydrogens (primary N) is 1. The molecule has 7 nitrogen and oxygen atoms in total. The van der Waals surface area contributed by atoms with E-state index >= 15 is 0 Å². The summed E-state index contributed by atoms with van der Waals surface area (Å²) in [5, 5.41) is 6.04. The molecule has 0 atom stereocenters. The third-order valence-electron chi connectivity index (χ3n) is 6.42. The van der Waals surface area contributed by atoms with Crippen LogP contribution in [0.3, 0.4) is 0 Å². The van der Waals surface area contributed by atoms with Crippen molar-refractivity contribution in [2.75, 3.05) is 30.3 Å². The molecular weight excluding hydrogens is 452 g/mol. The third kappa shape index (κ3) is 5.53. The van der Waals surface area contributed by atoms with Gasteiger partial charge in [-0.05, 0) is 55.4 Å². The van der Waals surface area contributed by atoms with Gasteiger partial charge in [-0.3, -0.25) is 14.4 Å². The van der Waals surface area contributed by atoms with Gasteiger partial charge >= 0.3 is 0 Å². The fourth-order valence-electron chi connectivity index (χ4n) is 4.21. The zero-order valence-electron chi connectivity index (χ0n) is 20.5. The predicted octanol–water partition coefficient (Wildman–Crippen LogP) is 4.31. The topological polar surface area (TPSA) is 105 Å². The van der Waals surface area contributed by atoms with E-state index in [1.165, 1.54) is 11.6 Å². The van der Waals surface area contributed by atoms with E-state index in [9.17, 15) is 14.4 Å². The minimum atomic E-state index is -0.595. The number of anilines is 2. The first-order valence-electron chi connectivity index (χ1n) is 12.1. The van der Waals surface area contributed by atoms with Crippen LogP contribution in [0.25, 0.3) is 5.57 Å². The Labute approximate surface area is 211 Å². The number of carbonyl (C=O) groups is 3. The molecule has 0 fully saturated rings. The molecule has 1 aliphatic rings. The van der Waals surface area contributed by atoms with Crippen molar-refractivity contribution in [2.24, 2.45) is 5.73 Å². The van der Waals surface area contributed by atoms with Crippen LogP contribution in [0.4, 0.5) is 11.4 Å². The molecule has 0 unspecified atom stereocenters. The summed E-state index contributed by atoms with van der Waals surface area (Å²) in [6.07, 6.45) is 2.68. The van der Waals surface area contributed by atoms with Crippen LogP contribution in [-0.2, 0) is 11.2 Å². The first kappa shape index (κ1) is 24.9. The highest BCUT2D eigenvalue weighted by Gasteiger charge is 2.25. The maximum absolute atomic E-state index is 12.9. The van der Waals surface area contributed by atoms with Crippen molar-refractivity contribution in [3.63, 3.8) is 0 Å². The van der Waals surface area contributed by atoms with Crippen LogP contribution < -0.4 is 16.4 Å². The van der Waals surface area contributed by atoms with E-state index in [1.54, 1.807) is 42.6 Å². The van der Waals surface area contributed by atoms with Crippen LogP contribution in [0.15, 0.2) is 72.9 Å². The lowest BCUT2D eigenvalue weighted by molar-refractivity contribution is -0.110. The number of benzene rings is 3. The van der Waals surface area contributed by atoms with Gasteiger partial charge in [0, 0.05) is 46.4 Å². The Bertz CT molecular complexity index is 1320. The minimum Gasteiger partial charge on any atom is -0.366 e. The molecule has 0 spiro atoms. The Balaban J connectivity index is 1.46. The monoisotopic (exact) mass is 482 g/mol. The van der Waals surface area contributed by atoms with Gasteiger partial charge in [-0.2, -0.15) is 0 Å². The molecule has 0 radical (unpaired) electrons. The Morgan fingerprint density at radius 2 is 1.64 bits per heavy atom. The summed E-state index contributed by atoms with van der Waals surface area (Å²) in [4.78, 5) is 39.4. The lowest BCUT2D eigenvalue weighted by Gasteiger charge is -2.17. The van der Waals surface area contributed by atoms with Crippen molar-refractivity contribution < 1.29 is 14.4 Å². The number of hydrogen-bond acceptors (Lipinski definition) is 5. The number of likely N-dealkylation sites (N-methyl/N-ethyl adjacent to an activating group) is 1. The molecule has 2 amide bonds. The number of nitrogens with one attached hydrogen (secondary N) is 2. The van der Waals surface area contributed by atoms with Gasteiger partial charge in [0.2, 0.25) is 5.91 Å². The summed E-state index contributed by atoms with van der Waals surface area (Å²) in [6, 6.07) is 19.6. The zero-order chi connectivity index (χ0) is 25.7. The lowest BCUT2D eigenvalue weighted by Crippen LogP contribution is -2.25. The van der Waals surface area contributed by atoms with Gasteiger partial charge in [-0.25, -0.2) is 0 Å². The van der Waals surface area contributed by atoms with Gasteiger partial charge in [0.05, 0.1) is 5.57 Å². The maximum Gasteiger partial charge on any atom is 0.257 e. The Morgan fingerprint density at radius 3 is 2.33 bits per heavy atom. The van der Waals surface area contributed by atoms with Crippen LogP contribution in [0, 0.1) is 0 Å². The predicted molar refractivity (Wildman–Crippen MR) is 143 cm³/mol.